The van der Waals surface area contributed by atoms with E-state index in [0.717, 1.165) is 18.2 Å². The summed E-state index contributed by atoms with van der Waals surface area (Å²) in [6, 6.07) is 4.38. The average molecular weight is 590 g/mol. The molecule has 0 bridgehead atoms. The molecule has 222 valence electrons. The van der Waals surface area contributed by atoms with Crippen LogP contribution in [0.4, 0.5) is 65.9 Å². The van der Waals surface area contributed by atoms with Crippen LogP contribution >= 0.6 is 0 Å². The Morgan fingerprint density at radius 3 is 1.37 bits per heavy atom. The van der Waals surface area contributed by atoms with Crippen molar-refractivity contribution >= 4 is 0 Å². The van der Waals surface area contributed by atoms with Crippen LogP contribution in [0.15, 0.2) is 24.3 Å². The molecule has 1 atom stereocenters. The van der Waals surface area contributed by atoms with E-state index in [1.165, 1.54) is 26.8 Å². The Morgan fingerprint density at radius 1 is 0.579 bits per heavy atom. The largest absolute Gasteiger partial charge is 0.488 e. The molecule has 0 spiro atoms. The fraction of sp³-hybridized carbons (Fsp3) is 0.714. The van der Waals surface area contributed by atoms with E-state index in [4.69, 9.17) is 9.47 Å². The molecule has 0 radical (unpaired) electrons. The van der Waals surface area contributed by atoms with E-state index in [0.29, 0.717) is 14.0 Å². The maximum atomic E-state index is 14.6. The summed E-state index contributed by atoms with van der Waals surface area (Å²) in [5, 5.41) is 0. The lowest BCUT2D eigenvalue weighted by Gasteiger charge is -2.43. The van der Waals surface area contributed by atoms with Crippen LogP contribution in [0.5, 0.6) is 5.75 Å². The lowest BCUT2D eigenvalue weighted by Crippen LogP contribution is -2.72. The number of hydrogen-bond acceptors (Lipinski definition) is 2. The van der Waals surface area contributed by atoms with Gasteiger partial charge in [0, 0.05) is 12.7 Å². The van der Waals surface area contributed by atoms with Gasteiger partial charge in [-0.2, -0.15) is 65.9 Å². The zero-order chi connectivity index (χ0) is 30.6. The van der Waals surface area contributed by atoms with Gasteiger partial charge in [0.2, 0.25) is 0 Å². The van der Waals surface area contributed by atoms with Gasteiger partial charge in [-0.15, -0.1) is 0 Å². The third-order valence-electron chi connectivity index (χ3n) is 5.28. The Labute approximate surface area is 206 Å². The minimum Gasteiger partial charge on any atom is -0.488 e. The maximum absolute atomic E-state index is 14.6. The number of rotatable bonds is 10. The summed E-state index contributed by atoms with van der Waals surface area (Å²) in [5.41, 5.74) is -4.45. The summed E-state index contributed by atoms with van der Waals surface area (Å²) in [6.45, 7) is 4.90. The van der Waals surface area contributed by atoms with Gasteiger partial charge in [0.25, 0.3) is 0 Å². The highest BCUT2D eigenvalue weighted by Crippen LogP contribution is 2.63. The quantitative estimate of drug-likeness (QED) is 0.255. The van der Waals surface area contributed by atoms with Gasteiger partial charge in [0.05, 0.1) is 12.0 Å². The second-order valence-electron chi connectivity index (χ2n) is 9.40. The molecular weight excluding hydrogens is 569 g/mol. The molecule has 0 aliphatic carbocycles. The summed E-state index contributed by atoms with van der Waals surface area (Å²) in [5.74, 6) is -47.3. The van der Waals surface area contributed by atoms with Crippen molar-refractivity contribution in [2.75, 3.05) is 7.11 Å². The highest BCUT2D eigenvalue weighted by atomic mass is 19.4. The second-order valence-corrected chi connectivity index (χ2v) is 9.40. The molecule has 1 aromatic rings. The summed E-state index contributed by atoms with van der Waals surface area (Å²) in [4.78, 5) is 0. The van der Waals surface area contributed by atoms with Crippen LogP contribution in [0.1, 0.15) is 39.7 Å². The summed E-state index contributed by atoms with van der Waals surface area (Å²) >= 11 is 0. The predicted molar refractivity (Wildman–Crippen MR) is 102 cm³/mol. The third kappa shape index (κ3) is 5.35. The van der Waals surface area contributed by atoms with Gasteiger partial charge in [-0.1, -0.05) is 18.2 Å². The number of ether oxygens (including phenoxy) is 2. The van der Waals surface area contributed by atoms with Crippen LogP contribution in [-0.4, -0.2) is 54.4 Å². The van der Waals surface area contributed by atoms with Crippen LogP contribution in [0.3, 0.4) is 0 Å². The fourth-order valence-corrected chi connectivity index (χ4v) is 3.13. The van der Waals surface area contributed by atoms with Crippen molar-refractivity contribution in [3.63, 3.8) is 0 Å². The highest BCUT2D eigenvalue weighted by molar-refractivity contribution is 5.39. The Kier molecular flexibility index (Phi) is 8.52. The molecule has 1 rings (SSSR count). The lowest BCUT2D eigenvalue weighted by molar-refractivity contribution is -0.453. The van der Waals surface area contributed by atoms with E-state index in [-0.39, 0.29) is 5.75 Å². The Hall–Kier alpha value is -2.07. The molecule has 2 nitrogen and oxygen atoms in total. The van der Waals surface area contributed by atoms with Crippen LogP contribution in [-0.2, 0) is 10.3 Å². The average Bonchev–Trinajstić information content (AvgIpc) is 2.70. The van der Waals surface area contributed by atoms with E-state index in [1.807, 2.05) is 0 Å². The molecule has 17 heteroatoms. The molecule has 1 aromatic carbocycles. The summed E-state index contributed by atoms with van der Waals surface area (Å²) in [7, 11) is 0.590. The zero-order valence-corrected chi connectivity index (χ0v) is 20.0. The van der Waals surface area contributed by atoms with E-state index < -0.39 is 64.9 Å². The molecule has 0 aliphatic heterocycles. The van der Waals surface area contributed by atoms with Crippen molar-refractivity contribution in [3.05, 3.63) is 29.8 Å². The van der Waals surface area contributed by atoms with Gasteiger partial charge in [-0.25, -0.2) is 0 Å². The Bertz CT molecular complexity index is 980. The number of methoxy groups -OCH3 is 1. The molecule has 0 N–H and O–H groups in total. The number of alkyl halides is 15. The smallest absolute Gasteiger partial charge is 0.460 e. The van der Waals surface area contributed by atoms with Crippen LogP contribution in [0.25, 0.3) is 0 Å². The van der Waals surface area contributed by atoms with Crippen LogP contribution in [0.2, 0.25) is 0 Å². The minimum atomic E-state index is -8.34. The van der Waals surface area contributed by atoms with E-state index in [9.17, 15) is 65.9 Å². The molecule has 0 saturated heterocycles. The molecule has 0 aromatic heterocycles. The summed E-state index contributed by atoms with van der Waals surface area (Å²) in [6.07, 6.45) is -10.3. The number of hydrogen-bond donors (Lipinski definition) is 0. The summed E-state index contributed by atoms with van der Waals surface area (Å²) < 4.78 is 213. The van der Waals surface area contributed by atoms with Gasteiger partial charge < -0.3 is 9.47 Å². The standard InChI is InChI=1S/C21H21F15O2/c1-13(2,3)38-12-9-7-6-8-11(12)14(4,37-5)10-15(22,23)16(24,25)17(26,27)18(28,29)19(30,31)20(32,33)21(34,35)36/h6-9H,10H2,1-5H3. The third-order valence-corrected chi connectivity index (χ3v) is 5.28. The van der Waals surface area contributed by atoms with Crippen molar-refractivity contribution < 1.29 is 75.3 Å². The van der Waals surface area contributed by atoms with Crippen LogP contribution in [0, 0.1) is 0 Å². The molecule has 0 fully saturated rings. The normalized spacial score (nSPS) is 16.8. The number of para-hydroxylation sites is 1. The first-order chi connectivity index (χ1) is 16.5. The first kappa shape index (κ1) is 34.0. The van der Waals surface area contributed by atoms with Crippen molar-refractivity contribution in [2.24, 2.45) is 0 Å². The molecule has 0 aliphatic rings. The second kappa shape index (κ2) is 9.54. The van der Waals surface area contributed by atoms with Crippen molar-refractivity contribution in [3.8, 4) is 5.75 Å². The predicted octanol–water partition coefficient (Wildman–Crippen LogP) is 8.49. The van der Waals surface area contributed by atoms with Crippen molar-refractivity contribution in [2.45, 2.75) is 87.0 Å². The topological polar surface area (TPSA) is 18.5 Å². The van der Waals surface area contributed by atoms with E-state index in [2.05, 4.69) is 0 Å². The first-order valence-corrected chi connectivity index (χ1v) is 10.1. The molecule has 0 saturated carbocycles. The Balaban J connectivity index is 3.67. The zero-order valence-electron chi connectivity index (χ0n) is 20.0. The van der Waals surface area contributed by atoms with E-state index in [1.54, 1.807) is 0 Å². The first-order valence-electron chi connectivity index (χ1n) is 10.1. The monoisotopic (exact) mass is 590 g/mol. The highest BCUT2D eigenvalue weighted by Gasteiger charge is 2.93. The molecule has 0 heterocycles. The van der Waals surface area contributed by atoms with Gasteiger partial charge >= 0.3 is 41.7 Å². The maximum Gasteiger partial charge on any atom is 0.460 e. The van der Waals surface area contributed by atoms with Gasteiger partial charge in [-0.3, -0.25) is 0 Å². The molecule has 0 amide bonds. The lowest BCUT2D eigenvalue weighted by atomic mass is 9.83. The van der Waals surface area contributed by atoms with Crippen molar-refractivity contribution in [1.82, 2.24) is 0 Å². The van der Waals surface area contributed by atoms with Crippen LogP contribution < -0.4 is 4.74 Å². The molecule has 38 heavy (non-hydrogen) atoms. The van der Waals surface area contributed by atoms with Gasteiger partial charge in [0.1, 0.15) is 11.4 Å². The van der Waals surface area contributed by atoms with E-state index >= 15 is 0 Å². The number of halogens is 15. The Morgan fingerprint density at radius 2 is 0.974 bits per heavy atom. The SMILES string of the molecule is COC(C)(CC(F)(F)C(F)(F)C(F)(F)C(F)(F)C(F)(F)C(F)(F)C(F)(F)F)c1ccccc1OC(C)(C)C. The fourth-order valence-electron chi connectivity index (χ4n) is 3.13. The number of benzene rings is 1. The molecular formula is C21H21F15O2. The van der Waals surface area contributed by atoms with Gasteiger partial charge in [0.15, 0.2) is 0 Å². The molecule has 1 unspecified atom stereocenters. The minimum absolute atomic E-state index is 0.350. The van der Waals surface area contributed by atoms with Gasteiger partial charge in [-0.05, 0) is 33.8 Å². The van der Waals surface area contributed by atoms with Crippen molar-refractivity contribution in [1.29, 1.82) is 0 Å².